The third kappa shape index (κ3) is 3.04. The van der Waals surface area contributed by atoms with Crippen molar-refractivity contribution < 1.29 is 4.74 Å². The van der Waals surface area contributed by atoms with Crippen LogP contribution in [0.15, 0.2) is 24.3 Å². The zero-order chi connectivity index (χ0) is 12.8. The lowest BCUT2D eigenvalue weighted by atomic mass is 10.1. The lowest BCUT2D eigenvalue weighted by Crippen LogP contribution is -2.08. The Balaban J connectivity index is 2.02. The molecule has 2 aromatic rings. The molecule has 0 aliphatic heterocycles. The van der Waals surface area contributed by atoms with Gasteiger partial charge in [0.15, 0.2) is 0 Å². The van der Waals surface area contributed by atoms with E-state index in [-0.39, 0.29) is 0 Å². The number of nitrogens with one attached hydrogen (secondary N) is 1. The summed E-state index contributed by atoms with van der Waals surface area (Å²) in [6.45, 7) is 4.02. The van der Waals surface area contributed by atoms with E-state index in [1.807, 2.05) is 19.1 Å². The molecule has 0 bridgehead atoms. The van der Waals surface area contributed by atoms with Crippen LogP contribution in [0.5, 0.6) is 0 Å². The molecule has 96 valence electrons. The van der Waals surface area contributed by atoms with Gasteiger partial charge in [-0.1, -0.05) is 29.4 Å². The van der Waals surface area contributed by atoms with Crippen molar-refractivity contribution in [1.29, 1.82) is 0 Å². The zero-order valence-corrected chi connectivity index (χ0v) is 10.6. The molecule has 18 heavy (non-hydrogen) atoms. The summed E-state index contributed by atoms with van der Waals surface area (Å²) >= 11 is 0. The van der Waals surface area contributed by atoms with E-state index < -0.39 is 0 Å². The van der Waals surface area contributed by atoms with E-state index in [2.05, 4.69) is 33.0 Å². The maximum atomic E-state index is 5.45. The van der Waals surface area contributed by atoms with Gasteiger partial charge in [-0.25, -0.2) is 4.68 Å². The minimum Gasteiger partial charge on any atom is -0.377 e. The standard InChI is InChI=1S/C12H17N5O/c1-3-18-9-11-7-5-4-6-10(11)8-13-12-14-15-16-17(12)2/h4-7H,3,8-9H2,1-2H3,(H,13,14,16). The first-order valence-electron chi connectivity index (χ1n) is 5.92. The lowest BCUT2D eigenvalue weighted by molar-refractivity contribution is 0.133. The molecule has 0 aliphatic rings. The molecule has 6 nitrogen and oxygen atoms in total. The maximum absolute atomic E-state index is 5.45. The van der Waals surface area contributed by atoms with E-state index in [9.17, 15) is 0 Å². The van der Waals surface area contributed by atoms with Crippen LogP contribution in [0.1, 0.15) is 18.1 Å². The predicted octanol–water partition coefficient (Wildman–Crippen LogP) is 1.36. The Morgan fingerprint density at radius 1 is 1.28 bits per heavy atom. The fraction of sp³-hybridized carbons (Fsp3) is 0.417. The smallest absolute Gasteiger partial charge is 0.242 e. The number of hydrogen-bond donors (Lipinski definition) is 1. The van der Waals surface area contributed by atoms with Crippen LogP contribution in [0.4, 0.5) is 5.95 Å². The fourth-order valence-corrected chi connectivity index (χ4v) is 1.64. The molecule has 0 aliphatic carbocycles. The van der Waals surface area contributed by atoms with Crippen molar-refractivity contribution in [3.8, 4) is 0 Å². The summed E-state index contributed by atoms with van der Waals surface area (Å²) in [6, 6.07) is 8.18. The normalized spacial score (nSPS) is 10.6. The molecule has 1 aromatic heterocycles. The van der Waals surface area contributed by atoms with Crippen molar-refractivity contribution in [1.82, 2.24) is 20.2 Å². The van der Waals surface area contributed by atoms with Gasteiger partial charge in [0.1, 0.15) is 0 Å². The number of anilines is 1. The number of aryl methyl sites for hydroxylation is 1. The van der Waals surface area contributed by atoms with Crippen LogP contribution in [0, 0.1) is 0 Å². The molecule has 1 aromatic carbocycles. The van der Waals surface area contributed by atoms with Crippen LogP contribution in [0.2, 0.25) is 0 Å². The van der Waals surface area contributed by atoms with Gasteiger partial charge in [0.05, 0.1) is 6.61 Å². The average molecular weight is 247 g/mol. The van der Waals surface area contributed by atoms with Gasteiger partial charge in [0, 0.05) is 20.2 Å². The molecule has 0 amide bonds. The average Bonchev–Trinajstić information content (AvgIpc) is 2.80. The second-order valence-electron chi connectivity index (χ2n) is 3.89. The van der Waals surface area contributed by atoms with Crippen LogP contribution in [0.25, 0.3) is 0 Å². The van der Waals surface area contributed by atoms with Crippen molar-refractivity contribution >= 4 is 5.95 Å². The molecular weight excluding hydrogens is 230 g/mol. The van der Waals surface area contributed by atoms with Crippen LogP contribution in [0.3, 0.4) is 0 Å². The minimum absolute atomic E-state index is 0.630. The van der Waals surface area contributed by atoms with Crippen LogP contribution in [-0.4, -0.2) is 26.8 Å². The van der Waals surface area contributed by atoms with Gasteiger partial charge in [0.25, 0.3) is 0 Å². The molecule has 2 rings (SSSR count). The summed E-state index contributed by atoms with van der Waals surface area (Å²) in [4.78, 5) is 0. The minimum atomic E-state index is 0.630. The van der Waals surface area contributed by atoms with Gasteiger partial charge in [-0.15, -0.1) is 0 Å². The summed E-state index contributed by atoms with van der Waals surface area (Å²) in [5.74, 6) is 0.654. The Labute approximate surface area is 106 Å². The predicted molar refractivity (Wildman–Crippen MR) is 67.9 cm³/mol. The molecule has 0 unspecified atom stereocenters. The van der Waals surface area contributed by atoms with Gasteiger partial charge < -0.3 is 10.1 Å². The third-order valence-corrected chi connectivity index (χ3v) is 2.64. The van der Waals surface area contributed by atoms with E-state index >= 15 is 0 Å². The number of rotatable bonds is 6. The summed E-state index contributed by atoms with van der Waals surface area (Å²) in [5, 5.41) is 14.4. The van der Waals surface area contributed by atoms with E-state index in [1.165, 1.54) is 11.1 Å². The molecule has 0 saturated carbocycles. The summed E-state index contributed by atoms with van der Waals surface area (Å²) in [5.41, 5.74) is 2.37. The van der Waals surface area contributed by atoms with E-state index in [1.54, 1.807) is 11.7 Å². The molecule has 6 heteroatoms. The van der Waals surface area contributed by atoms with Crippen molar-refractivity contribution in [3.63, 3.8) is 0 Å². The number of hydrogen-bond acceptors (Lipinski definition) is 5. The number of benzene rings is 1. The van der Waals surface area contributed by atoms with Gasteiger partial charge in [-0.05, 0) is 28.5 Å². The highest BCUT2D eigenvalue weighted by atomic mass is 16.5. The maximum Gasteiger partial charge on any atom is 0.242 e. The highest BCUT2D eigenvalue weighted by molar-refractivity contribution is 5.31. The highest BCUT2D eigenvalue weighted by Crippen LogP contribution is 2.11. The third-order valence-electron chi connectivity index (χ3n) is 2.64. The molecule has 0 fully saturated rings. The molecule has 0 spiro atoms. The SMILES string of the molecule is CCOCc1ccccc1CNc1nnnn1C. The van der Waals surface area contributed by atoms with Gasteiger partial charge in [-0.2, -0.15) is 0 Å². The van der Waals surface area contributed by atoms with Crippen molar-refractivity contribution in [2.24, 2.45) is 7.05 Å². The highest BCUT2D eigenvalue weighted by Gasteiger charge is 2.04. The molecule has 1 N–H and O–H groups in total. The second-order valence-corrected chi connectivity index (χ2v) is 3.89. The van der Waals surface area contributed by atoms with E-state index in [0.29, 0.717) is 19.1 Å². The van der Waals surface area contributed by atoms with Gasteiger partial charge >= 0.3 is 0 Å². The molecule has 0 saturated heterocycles. The largest absolute Gasteiger partial charge is 0.377 e. The monoisotopic (exact) mass is 247 g/mol. The Kier molecular flexibility index (Phi) is 4.25. The molecule has 0 radical (unpaired) electrons. The number of nitrogens with zero attached hydrogens (tertiary/aromatic N) is 4. The van der Waals surface area contributed by atoms with Crippen LogP contribution < -0.4 is 5.32 Å². The summed E-state index contributed by atoms with van der Waals surface area (Å²) in [7, 11) is 1.80. The number of ether oxygens (including phenoxy) is 1. The first-order valence-corrected chi connectivity index (χ1v) is 5.92. The van der Waals surface area contributed by atoms with E-state index in [0.717, 1.165) is 6.61 Å². The number of tetrazole rings is 1. The Morgan fingerprint density at radius 3 is 2.72 bits per heavy atom. The van der Waals surface area contributed by atoms with Crippen molar-refractivity contribution in [3.05, 3.63) is 35.4 Å². The Hall–Kier alpha value is -1.95. The quantitative estimate of drug-likeness (QED) is 0.835. The molecule has 0 atom stereocenters. The molecule has 1 heterocycles. The number of aromatic nitrogens is 4. The fourth-order valence-electron chi connectivity index (χ4n) is 1.64. The van der Waals surface area contributed by atoms with Crippen molar-refractivity contribution in [2.75, 3.05) is 11.9 Å². The van der Waals surface area contributed by atoms with Crippen LogP contribution in [-0.2, 0) is 24.9 Å². The van der Waals surface area contributed by atoms with Gasteiger partial charge in [0.2, 0.25) is 5.95 Å². The molecular formula is C12H17N5O. The zero-order valence-electron chi connectivity index (χ0n) is 10.6. The Bertz CT molecular complexity index is 497. The topological polar surface area (TPSA) is 64.9 Å². The van der Waals surface area contributed by atoms with Crippen LogP contribution >= 0.6 is 0 Å². The second kappa shape index (κ2) is 6.11. The summed E-state index contributed by atoms with van der Waals surface area (Å²) < 4.78 is 7.05. The van der Waals surface area contributed by atoms with Crippen molar-refractivity contribution in [2.45, 2.75) is 20.1 Å². The van der Waals surface area contributed by atoms with Gasteiger partial charge in [-0.3, -0.25) is 0 Å². The van der Waals surface area contributed by atoms with E-state index in [4.69, 9.17) is 4.74 Å². The first kappa shape index (κ1) is 12.5. The Morgan fingerprint density at radius 2 is 2.06 bits per heavy atom. The first-order chi connectivity index (χ1) is 8.81. The summed E-state index contributed by atoms with van der Waals surface area (Å²) in [6.07, 6.45) is 0. The lowest BCUT2D eigenvalue weighted by Gasteiger charge is -2.10.